The molecule has 0 saturated carbocycles. The quantitative estimate of drug-likeness (QED) is 0.498. The summed E-state index contributed by atoms with van der Waals surface area (Å²) in [6.45, 7) is 9.00. The van der Waals surface area contributed by atoms with Gasteiger partial charge in [-0.15, -0.1) is 0 Å². The lowest BCUT2D eigenvalue weighted by atomic mass is 10.1. The zero-order chi connectivity index (χ0) is 25.0. The molecule has 0 spiro atoms. The van der Waals surface area contributed by atoms with E-state index in [0.29, 0.717) is 48.8 Å². The van der Waals surface area contributed by atoms with E-state index in [-0.39, 0.29) is 18.0 Å². The average Bonchev–Trinajstić information content (AvgIpc) is 2.96. The number of hydrogen-bond donors (Lipinski definition) is 1. The van der Waals surface area contributed by atoms with Crippen LogP contribution in [-0.4, -0.2) is 41.6 Å². The van der Waals surface area contributed by atoms with Gasteiger partial charge in [0.2, 0.25) is 0 Å². The molecule has 1 N–H and O–H groups in total. The molecule has 1 atom stereocenters. The fourth-order valence-corrected chi connectivity index (χ4v) is 4.32. The summed E-state index contributed by atoms with van der Waals surface area (Å²) in [5.74, 6) is 1.08. The van der Waals surface area contributed by atoms with Gasteiger partial charge in [0, 0.05) is 24.5 Å². The molecule has 1 fully saturated rings. The predicted octanol–water partition coefficient (Wildman–Crippen LogP) is 5.84. The van der Waals surface area contributed by atoms with E-state index in [1.54, 1.807) is 11.8 Å². The highest BCUT2D eigenvalue weighted by Crippen LogP contribution is 2.30. The first-order valence-electron chi connectivity index (χ1n) is 12.2. The van der Waals surface area contributed by atoms with Gasteiger partial charge in [-0.25, -0.2) is 4.79 Å². The van der Waals surface area contributed by atoms with E-state index >= 15 is 0 Å². The summed E-state index contributed by atoms with van der Waals surface area (Å²) in [4.78, 5) is 27.5. The number of carbonyl (C=O) groups is 2. The van der Waals surface area contributed by atoms with Crippen molar-refractivity contribution in [3.63, 3.8) is 0 Å². The minimum atomic E-state index is -0.527. The maximum absolute atomic E-state index is 13.3. The monoisotopic (exact) mass is 478 g/mol. The number of hydrogen-bond acceptors (Lipinski definition) is 5. The van der Waals surface area contributed by atoms with Crippen molar-refractivity contribution in [3.8, 4) is 5.75 Å². The minimum Gasteiger partial charge on any atom is -0.489 e. The summed E-state index contributed by atoms with van der Waals surface area (Å²) >= 11 is 0. The maximum Gasteiger partial charge on any atom is 0.410 e. The van der Waals surface area contributed by atoms with Crippen molar-refractivity contribution in [2.24, 2.45) is 0 Å². The Balaban J connectivity index is 1.42. The number of nitrogens with one attached hydrogen (secondary N) is 1. The Morgan fingerprint density at radius 1 is 1.09 bits per heavy atom. The van der Waals surface area contributed by atoms with Crippen LogP contribution in [0, 0.1) is 6.92 Å². The summed E-state index contributed by atoms with van der Waals surface area (Å²) in [6.07, 6.45) is 1.97. The van der Waals surface area contributed by atoms with Crippen LogP contribution in [0.4, 0.5) is 4.79 Å². The van der Waals surface area contributed by atoms with E-state index in [0.717, 1.165) is 23.8 Å². The van der Waals surface area contributed by atoms with Crippen LogP contribution in [0.15, 0.2) is 52.9 Å². The molecule has 2 heterocycles. The molecule has 186 valence electrons. The third-order valence-electron chi connectivity index (χ3n) is 6.03. The topological polar surface area (TPSA) is 81.0 Å². The smallest absolute Gasteiger partial charge is 0.410 e. The molecule has 35 heavy (non-hydrogen) atoms. The van der Waals surface area contributed by atoms with Crippen LogP contribution in [-0.2, 0) is 11.3 Å². The lowest BCUT2D eigenvalue weighted by Gasteiger charge is -2.26. The number of furan rings is 1. The SMILES string of the molecule is Cc1oc2ccc(OCc3ccccc3)cc2c1C(=O)NC1CCCN(C(=O)OC(C)(C)C)CC1. The average molecular weight is 479 g/mol. The molecule has 7 nitrogen and oxygen atoms in total. The summed E-state index contributed by atoms with van der Waals surface area (Å²) in [5, 5.41) is 3.89. The highest BCUT2D eigenvalue weighted by molar-refractivity contribution is 6.07. The molecule has 1 aliphatic heterocycles. The van der Waals surface area contributed by atoms with Crippen LogP contribution >= 0.6 is 0 Å². The second-order valence-corrected chi connectivity index (χ2v) is 10.0. The summed E-state index contributed by atoms with van der Waals surface area (Å²) in [6, 6.07) is 15.5. The van der Waals surface area contributed by atoms with Crippen LogP contribution in [0.1, 0.15) is 61.7 Å². The Kier molecular flexibility index (Phi) is 7.34. The molecule has 1 aliphatic rings. The highest BCUT2D eigenvalue weighted by Gasteiger charge is 2.27. The predicted molar refractivity (Wildman–Crippen MR) is 135 cm³/mol. The van der Waals surface area contributed by atoms with Crippen molar-refractivity contribution < 1.29 is 23.5 Å². The number of nitrogens with zero attached hydrogens (tertiary/aromatic N) is 1. The zero-order valence-electron chi connectivity index (χ0n) is 20.9. The Morgan fingerprint density at radius 3 is 2.60 bits per heavy atom. The molecule has 0 bridgehead atoms. The number of amides is 2. The van der Waals surface area contributed by atoms with Crippen LogP contribution in [0.3, 0.4) is 0 Å². The van der Waals surface area contributed by atoms with E-state index in [9.17, 15) is 9.59 Å². The lowest BCUT2D eigenvalue weighted by molar-refractivity contribution is 0.0256. The molecule has 1 aromatic heterocycles. The molecule has 1 unspecified atom stereocenters. The molecule has 4 rings (SSSR count). The first-order valence-corrected chi connectivity index (χ1v) is 12.2. The van der Waals surface area contributed by atoms with Gasteiger partial charge in [0.1, 0.15) is 29.3 Å². The van der Waals surface area contributed by atoms with Gasteiger partial charge in [-0.1, -0.05) is 30.3 Å². The number of fused-ring (bicyclic) bond motifs is 1. The van der Waals surface area contributed by atoms with Gasteiger partial charge >= 0.3 is 6.09 Å². The van der Waals surface area contributed by atoms with Crippen LogP contribution in [0.5, 0.6) is 5.75 Å². The summed E-state index contributed by atoms with van der Waals surface area (Å²) < 4.78 is 17.3. The van der Waals surface area contributed by atoms with Crippen molar-refractivity contribution >= 4 is 23.0 Å². The van der Waals surface area contributed by atoms with Crippen molar-refractivity contribution in [3.05, 3.63) is 65.4 Å². The van der Waals surface area contributed by atoms with Gasteiger partial charge in [-0.05, 0) is 70.7 Å². The van der Waals surface area contributed by atoms with Crippen molar-refractivity contribution in [1.29, 1.82) is 0 Å². The first kappa shape index (κ1) is 24.6. The number of rotatable bonds is 5. The molecule has 0 radical (unpaired) electrons. The third kappa shape index (κ3) is 6.35. The van der Waals surface area contributed by atoms with Gasteiger partial charge in [0.25, 0.3) is 5.91 Å². The summed E-state index contributed by atoms with van der Waals surface area (Å²) in [7, 11) is 0. The third-order valence-corrected chi connectivity index (χ3v) is 6.03. The molecule has 2 amide bonds. The fraction of sp³-hybridized carbons (Fsp3) is 0.429. The Morgan fingerprint density at radius 2 is 1.86 bits per heavy atom. The van der Waals surface area contributed by atoms with Crippen LogP contribution < -0.4 is 10.1 Å². The van der Waals surface area contributed by atoms with Crippen molar-refractivity contribution in [2.45, 2.75) is 65.2 Å². The van der Waals surface area contributed by atoms with Gasteiger partial charge in [-0.2, -0.15) is 0 Å². The molecule has 2 aromatic carbocycles. The first-order chi connectivity index (χ1) is 16.7. The maximum atomic E-state index is 13.3. The van der Waals surface area contributed by atoms with Crippen molar-refractivity contribution in [1.82, 2.24) is 10.2 Å². The van der Waals surface area contributed by atoms with Crippen LogP contribution in [0.2, 0.25) is 0 Å². The second kappa shape index (κ2) is 10.4. The Bertz CT molecular complexity index is 1180. The molecule has 1 saturated heterocycles. The largest absolute Gasteiger partial charge is 0.489 e. The molecular weight excluding hydrogens is 444 g/mol. The number of ether oxygens (including phenoxy) is 2. The Labute approximate surface area is 206 Å². The Hall–Kier alpha value is -3.48. The van der Waals surface area contributed by atoms with Gasteiger partial charge < -0.3 is 24.1 Å². The highest BCUT2D eigenvalue weighted by atomic mass is 16.6. The number of carbonyl (C=O) groups excluding carboxylic acids is 2. The lowest BCUT2D eigenvalue weighted by Crippen LogP contribution is -2.39. The minimum absolute atomic E-state index is 0.0307. The van der Waals surface area contributed by atoms with E-state index in [2.05, 4.69) is 5.32 Å². The van der Waals surface area contributed by atoms with E-state index in [1.165, 1.54) is 0 Å². The van der Waals surface area contributed by atoms with Gasteiger partial charge in [0.15, 0.2) is 0 Å². The number of likely N-dealkylation sites (tertiary alicyclic amines) is 1. The normalized spacial score (nSPS) is 16.6. The van der Waals surface area contributed by atoms with E-state index in [1.807, 2.05) is 69.3 Å². The van der Waals surface area contributed by atoms with E-state index in [4.69, 9.17) is 13.9 Å². The van der Waals surface area contributed by atoms with Crippen LogP contribution in [0.25, 0.3) is 11.0 Å². The molecule has 3 aromatic rings. The summed E-state index contributed by atoms with van der Waals surface area (Å²) in [5.41, 5.74) is 1.72. The van der Waals surface area contributed by atoms with E-state index < -0.39 is 5.60 Å². The number of aryl methyl sites for hydroxylation is 1. The standard InChI is InChI=1S/C28H34N2O5/c1-19-25(23-17-22(12-13-24(23)34-19)33-18-20-9-6-5-7-10-20)26(31)29-21-11-8-15-30(16-14-21)27(32)35-28(2,3)4/h5-7,9-10,12-13,17,21H,8,11,14-16,18H2,1-4H3,(H,29,31). The van der Waals surface area contributed by atoms with Gasteiger partial charge in [0.05, 0.1) is 5.56 Å². The van der Waals surface area contributed by atoms with Gasteiger partial charge in [-0.3, -0.25) is 4.79 Å². The molecular formula is C28H34N2O5. The fourth-order valence-electron chi connectivity index (χ4n) is 4.32. The molecule has 7 heteroatoms. The number of benzene rings is 2. The zero-order valence-corrected chi connectivity index (χ0v) is 20.9. The second-order valence-electron chi connectivity index (χ2n) is 10.0. The van der Waals surface area contributed by atoms with Crippen molar-refractivity contribution in [2.75, 3.05) is 13.1 Å². The molecule has 0 aliphatic carbocycles.